The molecule has 0 saturated heterocycles. The molecule has 0 saturated carbocycles. The number of hydrogen-bond acceptors (Lipinski definition) is 2. The van der Waals surface area contributed by atoms with Gasteiger partial charge in [-0.3, -0.25) is 4.79 Å². The first-order chi connectivity index (χ1) is 8.20. The summed E-state index contributed by atoms with van der Waals surface area (Å²) in [6.07, 6.45) is 0.417. The van der Waals surface area contributed by atoms with Crippen molar-refractivity contribution >= 4 is 16.9 Å². The van der Waals surface area contributed by atoms with Crippen LogP contribution in [-0.2, 0) is 9.53 Å². The van der Waals surface area contributed by atoms with Gasteiger partial charge >= 0.3 is 5.97 Å². The molecule has 0 spiro atoms. The molecule has 2 rings (SSSR count). The van der Waals surface area contributed by atoms with Gasteiger partial charge in [-0.1, -0.05) is 25.1 Å². The molecule has 0 fully saturated rings. The molecule has 0 amide bonds. The number of esters is 1. The zero-order valence-corrected chi connectivity index (χ0v) is 10.2. The van der Waals surface area contributed by atoms with Crippen molar-refractivity contribution in [1.29, 1.82) is 0 Å². The molecule has 0 aliphatic heterocycles. The lowest BCUT2D eigenvalue weighted by atomic mass is 10.0. The standard InChI is InChI=1S/C14H17NO2/c1-3-17-14(16)8-10(2)13-9-11-6-4-5-7-12(11)15-13/h4-7,9-10,15H,3,8H2,1-2H3/t10-/m0/s1. The largest absolute Gasteiger partial charge is 0.466 e. The molecule has 90 valence electrons. The van der Waals surface area contributed by atoms with Crippen molar-refractivity contribution in [1.82, 2.24) is 4.98 Å². The lowest BCUT2D eigenvalue weighted by Crippen LogP contribution is -2.08. The van der Waals surface area contributed by atoms with Gasteiger partial charge in [0.25, 0.3) is 0 Å². The third-order valence-electron chi connectivity index (χ3n) is 2.86. The maximum Gasteiger partial charge on any atom is 0.306 e. The van der Waals surface area contributed by atoms with Crippen LogP contribution in [0.3, 0.4) is 0 Å². The highest BCUT2D eigenvalue weighted by molar-refractivity contribution is 5.80. The molecule has 0 bridgehead atoms. The molecule has 1 atom stereocenters. The van der Waals surface area contributed by atoms with E-state index in [0.717, 1.165) is 11.2 Å². The van der Waals surface area contributed by atoms with E-state index in [1.165, 1.54) is 5.39 Å². The minimum Gasteiger partial charge on any atom is -0.466 e. The number of aromatic amines is 1. The van der Waals surface area contributed by atoms with Crippen LogP contribution in [0.5, 0.6) is 0 Å². The second-order valence-corrected chi connectivity index (χ2v) is 4.22. The van der Waals surface area contributed by atoms with Gasteiger partial charge in [-0.05, 0) is 24.4 Å². The van der Waals surface area contributed by atoms with Crippen molar-refractivity contribution in [3.05, 3.63) is 36.0 Å². The number of carbonyl (C=O) groups is 1. The first kappa shape index (κ1) is 11.7. The number of benzene rings is 1. The Morgan fingerprint density at radius 3 is 2.88 bits per heavy atom. The Morgan fingerprint density at radius 2 is 2.18 bits per heavy atom. The number of H-pyrrole nitrogens is 1. The zero-order valence-electron chi connectivity index (χ0n) is 10.2. The monoisotopic (exact) mass is 231 g/mol. The van der Waals surface area contributed by atoms with Crippen LogP contribution < -0.4 is 0 Å². The van der Waals surface area contributed by atoms with E-state index in [1.807, 2.05) is 32.0 Å². The van der Waals surface area contributed by atoms with Gasteiger partial charge in [0.05, 0.1) is 13.0 Å². The molecule has 0 aliphatic rings. The summed E-state index contributed by atoms with van der Waals surface area (Å²) in [5, 5.41) is 1.18. The predicted molar refractivity (Wildman–Crippen MR) is 68.0 cm³/mol. The van der Waals surface area contributed by atoms with Crippen LogP contribution in [0, 0.1) is 0 Å². The van der Waals surface area contributed by atoms with Crippen molar-refractivity contribution < 1.29 is 9.53 Å². The summed E-state index contributed by atoms with van der Waals surface area (Å²) in [7, 11) is 0. The molecule has 1 N–H and O–H groups in total. The maximum atomic E-state index is 11.4. The fourth-order valence-electron chi connectivity index (χ4n) is 1.94. The molecule has 3 nitrogen and oxygen atoms in total. The van der Waals surface area contributed by atoms with Crippen LogP contribution in [0.25, 0.3) is 10.9 Å². The number of ether oxygens (including phenoxy) is 1. The third-order valence-corrected chi connectivity index (χ3v) is 2.86. The lowest BCUT2D eigenvalue weighted by molar-refractivity contribution is -0.143. The van der Waals surface area contributed by atoms with Crippen molar-refractivity contribution in [2.24, 2.45) is 0 Å². The normalized spacial score (nSPS) is 12.6. The molecule has 0 aliphatic carbocycles. The van der Waals surface area contributed by atoms with Crippen molar-refractivity contribution in [3.63, 3.8) is 0 Å². The number of fused-ring (bicyclic) bond motifs is 1. The molecule has 0 unspecified atom stereocenters. The van der Waals surface area contributed by atoms with Crippen LogP contribution in [0.4, 0.5) is 0 Å². The Labute approximate surface area is 101 Å². The number of nitrogens with one attached hydrogen (secondary N) is 1. The fraction of sp³-hybridized carbons (Fsp3) is 0.357. The topological polar surface area (TPSA) is 42.1 Å². The van der Waals surface area contributed by atoms with Crippen LogP contribution in [-0.4, -0.2) is 17.6 Å². The molecule has 1 aromatic carbocycles. The van der Waals surface area contributed by atoms with Gasteiger partial charge in [-0.2, -0.15) is 0 Å². The predicted octanol–water partition coefficient (Wildman–Crippen LogP) is 3.22. The van der Waals surface area contributed by atoms with Crippen molar-refractivity contribution in [2.45, 2.75) is 26.2 Å². The van der Waals surface area contributed by atoms with E-state index in [9.17, 15) is 4.79 Å². The molecule has 17 heavy (non-hydrogen) atoms. The summed E-state index contributed by atoms with van der Waals surface area (Å²) in [5.41, 5.74) is 2.19. The van der Waals surface area contributed by atoms with Gasteiger partial charge in [0.1, 0.15) is 0 Å². The fourth-order valence-corrected chi connectivity index (χ4v) is 1.94. The number of rotatable bonds is 4. The van der Waals surface area contributed by atoms with E-state index in [2.05, 4.69) is 17.1 Å². The Balaban J connectivity index is 2.13. The second kappa shape index (κ2) is 5.04. The van der Waals surface area contributed by atoms with Gasteiger partial charge in [-0.25, -0.2) is 0 Å². The van der Waals surface area contributed by atoms with E-state index < -0.39 is 0 Å². The molecule has 1 aromatic heterocycles. The van der Waals surface area contributed by atoms with Crippen LogP contribution in [0.1, 0.15) is 31.9 Å². The minimum atomic E-state index is -0.140. The average Bonchev–Trinajstić information content (AvgIpc) is 2.72. The van der Waals surface area contributed by atoms with Gasteiger partial charge in [-0.15, -0.1) is 0 Å². The lowest BCUT2D eigenvalue weighted by Gasteiger charge is -2.08. The Morgan fingerprint density at radius 1 is 1.41 bits per heavy atom. The van der Waals surface area contributed by atoms with Gasteiger partial charge in [0, 0.05) is 17.1 Å². The van der Waals surface area contributed by atoms with Gasteiger partial charge in [0.15, 0.2) is 0 Å². The summed E-state index contributed by atoms with van der Waals surface area (Å²) in [4.78, 5) is 14.7. The highest BCUT2D eigenvalue weighted by atomic mass is 16.5. The third kappa shape index (κ3) is 2.67. The smallest absolute Gasteiger partial charge is 0.306 e. The number of aromatic nitrogens is 1. The summed E-state index contributed by atoms with van der Waals surface area (Å²) in [6, 6.07) is 10.2. The SMILES string of the molecule is CCOC(=O)C[C@H](C)c1cc2ccccc2[nH]1. The van der Waals surface area contributed by atoms with E-state index >= 15 is 0 Å². The second-order valence-electron chi connectivity index (χ2n) is 4.22. The summed E-state index contributed by atoms with van der Waals surface area (Å²) >= 11 is 0. The van der Waals surface area contributed by atoms with E-state index in [0.29, 0.717) is 13.0 Å². The quantitative estimate of drug-likeness (QED) is 0.821. The van der Waals surface area contributed by atoms with Crippen molar-refractivity contribution in [3.8, 4) is 0 Å². The Bertz CT molecular complexity index is 483. The van der Waals surface area contributed by atoms with E-state index in [1.54, 1.807) is 0 Å². The number of para-hydroxylation sites is 1. The van der Waals surface area contributed by atoms with Crippen LogP contribution in [0.2, 0.25) is 0 Å². The average molecular weight is 231 g/mol. The van der Waals surface area contributed by atoms with Gasteiger partial charge < -0.3 is 9.72 Å². The van der Waals surface area contributed by atoms with E-state index in [4.69, 9.17) is 4.74 Å². The first-order valence-electron chi connectivity index (χ1n) is 5.94. The number of carbonyl (C=O) groups excluding carboxylic acids is 1. The molecular formula is C14H17NO2. The highest BCUT2D eigenvalue weighted by Crippen LogP contribution is 2.23. The maximum absolute atomic E-state index is 11.4. The summed E-state index contributed by atoms with van der Waals surface area (Å²) in [5.74, 6) is 0.0140. The van der Waals surface area contributed by atoms with Gasteiger partial charge in [0.2, 0.25) is 0 Å². The Kier molecular flexibility index (Phi) is 3.47. The molecule has 0 radical (unpaired) electrons. The van der Waals surface area contributed by atoms with Crippen LogP contribution in [0.15, 0.2) is 30.3 Å². The number of hydrogen-bond donors (Lipinski definition) is 1. The minimum absolute atomic E-state index is 0.140. The molecule has 2 aromatic rings. The van der Waals surface area contributed by atoms with Crippen LogP contribution >= 0.6 is 0 Å². The summed E-state index contributed by atoms with van der Waals surface area (Å²) < 4.78 is 4.96. The summed E-state index contributed by atoms with van der Waals surface area (Å²) in [6.45, 7) is 4.30. The molecule has 3 heteroatoms. The zero-order chi connectivity index (χ0) is 12.3. The Hall–Kier alpha value is -1.77. The van der Waals surface area contributed by atoms with E-state index in [-0.39, 0.29) is 11.9 Å². The highest BCUT2D eigenvalue weighted by Gasteiger charge is 2.13. The van der Waals surface area contributed by atoms with Crippen molar-refractivity contribution in [2.75, 3.05) is 6.61 Å². The molecular weight excluding hydrogens is 214 g/mol. The molecule has 1 heterocycles. The first-order valence-corrected chi connectivity index (χ1v) is 5.94.